The van der Waals surface area contributed by atoms with Gasteiger partial charge in [-0.1, -0.05) is 51.1 Å². The maximum atomic E-state index is 13.5. The monoisotopic (exact) mass is 549 g/mol. The second-order valence-corrected chi connectivity index (χ2v) is 10.0. The third-order valence-electron chi connectivity index (χ3n) is 6.91. The summed E-state index contributed by atoms with van der Waals surface area (Å²) >= 11 is 0. The van der Waals surface area contributed by atoms with Crippen molar-refractivity contribution < 1.29 is 23.5 Å². The van der Waals surface area contributed by atoms with Crippen LogP contribution in [0.3, 0.4) is 0 Å². The van der Waals surface area contributed by atoms with Crippen LogP contribution in [0.5, 0.6) is 11.5 Å². The summed E-state index contributed by atoms with van der Waals surface area (Å²) in [5.74, 6) is -0.294. The van der Waals surface area contributed by atoms with Crippen molar-refractivity contribution in [2.75, 3.05) is 12.4 Å². The molecule has 3 atom stereocenters. The molecule has 2 amide bonds. The number of nitrogens with one attached hydrogen (secondary N) is 2. The van der Waals surface area contributed by atoms with E-state index in [9.17, 15) is 14.0 Å². The summed E-state index contributed by atoms with van der Waals surface area (Å²) in [6.45, 7) is 5.89. The molecule has 0 unspecified atom stereocenters. The van der Waals surface area contributed by atoms with Gasteiger partial charge in [0, 0.05) is 35.3 Å². The summed E-state index contributed by atoms with van der Waals surface area (Å²) in [7, 11) is 1.55. The Balaban J connectivity index is 1.77. The van der Waals surface area contributed by atoms with E-state index in [2.05, 4.69) is 24.5 Å². The summed E-state index contributed by atoms with van der Waals surface area (Å²) in [4.78, 5) is 26.3. The Hall–Kier alpha value is -3.91. The van der Waals surface area contributed by atoms with E-state index in [-0.39, 0.29) is 23.7 Å². The molecule has 40 heavy (non-hydrogen) atoms. The van der Waals surface area contributed by atoms with Crippen LogP contribution in [0.15, 0.2) is 72.8 Å². The minimum Gasteiger partial charge on any atom is -0.497 e. The van der Waals surface area contributed by atoms with Crippen LogP contribution in [0, 0.1) is 11.7 Å². The van der Waals surface area contributed by atoms with Crippen LogP contribution < -0.4 is 25.8 Å². The molecule has 3 aromatic carbocycles. The molecule has 0 fully saturated rings. The molecular weight excluding hydrogens is 509 g/mol. The van der Waals surface area contributed by atoms with Crippen LogP contribution in [-0.4, -0.2) is 37.1 Å². The maximum absolute atomic E-state index is 13.5. The summed E-state index contributed by atoms with van der Waals surface area (Å²) in [6.07, 6.45) is 2.53. The van der Waals surface area contributed by atoms with Gasteiger partial charge >= 0.3 is 0 Å². The van der Waals surface area contributed by atoms with Gasteiger partial charge in [0.2, 0.25) is 5.91 Å². The Morgan fingerprint density at radius 1 is 0.950 bits per heavy atom. The topological polar surface area (TPSA) is 103 Å². The van der Waals surface area contributed by atoms with E-state index < -0.39 is 18.0 Å². The third kappa shape index (κ3) is 9.09. The molecule has 0 bridgehead atoms. The summed E-state index contributed by atoms with van der Waals surface area (Å²) < 4.78 is 24.7. The molecule has 0 aliphatic carbocycles. The smallest absolute Gasteiger partial charge is 0.251 e. The van der Waals surface area contributed by atoms with E-state index in [1.165, 1.54) is 24.3 Å². The molecule has 0 aliphatic heterocycles. The number of anilines is 1. The predicted molar refractivity (Wildman–Crippen MR) is 156 cm³/mol. The van der Waals surface area contributed by atoms with Gasteiger partial charge in [0.25, 0.3) is 5.91 Å². The summed E-state index contributed by atoms with van der Waals surface area (Å²) in [5.41, 5.74) is 8.55. The molecule has 4 N–H and O–H groups in total. The second kappa shape index (κ2) is 15.0. The van der Waals surface area contributed by atoms with Crippen molar-refractivity contribution in [1.29, 1.82) is 0 Å². The lowest BCUT2D eigenvalue weighted by Gasteiger charge is -2.27. The molecule has 0 spiro atoms. The van der Waals surface area contributed by atoms with Gasteiger partial charge in [-0.3, -0.25) is 9.59 Å². The van der Waals surface area contributed by atoms with Crippen LogP contribution in [0.25, 0.3) is 0 Å². The first-order chi connectivity index (χ1) is 19.2. The average Bonchev–Trinajstić information content (AvgIpc) is 2.96. The van der Waals surface area contributed by atoms with Crippen LogP contribution in [0.2, 0.25) is 0 Å². The Bertz CT molecular complexity index is 1230. The number of carbonyl (C=O) groups excluding carboxylic acids is 2. The fourth-order valence-corrected chi connectivity index (χ4v) is 4.44. The zero-order valence-corrected chi connectivity index (χ0v) is 23.7. The number of ether oxygens (including phenoxy) is 2. The van der Waals surface area contributed by atoms with E-state index in [0.29, 0.717) is 35.6 Å². The van der Waals surface area contributed by atoms with Gasteiger partial charge in [-0.2, -0.15) is 0 Å². The zero-order chi connectivity index (χ0) is 29.1. The molecule has 3 aromatic rings. The molecule has 0 heterocycles. The molecule has 214 valence electrons. The van der Waals surface area contributed by atoms with Crippen molar-refractivity contribution >= 4 is 17.5 Å². The fraction of sp³-hybridized carbons (Fsp3) is 0.375. The lowest BCUT2D eigenvalue weighted by Crippen LogP contribution is -2.50. The minimum atomic E-state index is -0.524. The third-order valence-corrected chi connectivity index (χ3v) is 6.91. The molecule has 0 saturated heterocycles. The molecule has 7 nitrogen and oxygen atoms in total. The SMILES string of the molecule is CCC(CC)Oc1cc(OC)cc(C(=O)N[C@@H](Cc2ccccc2)[C@@H](N)C[C@@H](C)C(=O)Nc2ccc(F)cc2)c1. The minimum absolute atomic E-state index is 0.0322. The quantitative estimate of drug-likeness (QED) is 0.238. The van der Waals surface area contributed by atoms with Crippen molar-refractivity contribution in [2.24, 2.45) is 11.7 Å². The Labute approximate surface area is 236 Å². The first-order valence-corrected chi connectivity index (χ1v) is 13.7. The number of methoxy groups -OCH3 is 1. The highest BCUT2D eigenvalue weighted by atomic mass is 19.1. The number of halogens is 1. The Kier molecular flexibility index (Phi) is 11.5. The lowest BCUT2D eigenvalue weighted by molar-refractivity contribution is -0.119. The number of amides is 2. The first-order valence-electron chi connectivity index (χ1n) is 13.7. The van der Waals surface area contributed by atoms with Crippen molar-refractivity contribution in [3.63, 3.8) is 0 Å². The van der Waals surface area contributed by atoms with Crippen LogP contribution >= 0.6 is 0 Å². The molecule has 0 radical (unpaired) electrons. The number of hydrogen-bond acceptors (Lipinski definition) is 5. The number of nitrogens with two attached hydrogens (primary N) is 1. The van der Waals surface area contributed by atoms with Gasteiger partial charge in [-0.15, -0.1) is 0 Å². The molecule has 8 heteroatoms. The largest absolute Gasteiger partial charge is 0.497 e. The molecule has 3 rings (SSSR count). The van der Waals surface area contributed by atoms with Crippen LogP contribution in [0.1, 0.15) is 56.0 Å². The van der Waals surface area contributed by atoms with Gasteiger partial charge < -0.3 is 25.8 Å². The van der Waals surface area contributed by atoms with E-state index in [1.807, 2.05) is 30.3 Å². The van der Waals surface area contributed by atoms with Gasteiger partial charge in [-0.25, -0.2) is 4.39 Å². The highest BCUT2D eigenvalue weighted by Crippen LogP contribution is 2.25. The van der Waals surface area contributed by atoms with Crippen molar-refractivity contribution in [1.82, 2.24) is 5.32 Å². The van der Waals surface area contributed by atoms with Crippen molar-refractivity contribution in [3.8, 4) is 11.5 Å². The number of carbonyl (C=O) groups is 2. The Morgan fingerprint density at radius 3 is 2.23 bits per heavy atom. The standard InChI is InChI=1S/C32H40FN3O4/c1-5-26(6-2)40-28-19-23(18-27(20-28)39-4)32(38)36-30(17-22-10-8-7-9-11-22)29(34)16-21(3)31(37)35-25-14-12-24(33)13-15-25/h7-15,18-21,26,29-30H,5-6,16-17,34H2,1-4H3,(H,35,37)(H,36,38)/t21-,29+,30+/m1/s1. The van der Waals surface area contributed by atoms with E-state index in [0.717, 1.165) is 18.4 Å². The van der Waals surface area contributed by atoms with Gasteiger partial charge in [0.05, 0.1) is 13.2 Å². The van der Waals surface area contributed by atoms with E-state index in [4.69, 9.17) is 15.2 Å². The van der Waals surface area contributed by atoms with Gasteiger partial charge in [0.15, 0.2) is 0 Å². The van der Waals surface area contributed by atoms with E-state index in [1.54, 1.807) is 32.2 Å². The normalized spacial score (nSPS) is 13.3. The van der Waals surface area contributed by atoms with E-state index >= 15 is 0 Å². The summed E-state index contributed by atoms with van der Waals surface area (Å²) in [5, 5.41) is 5.89. The molecular formula is C32H40FN3O4. The number of hydrogen-bond donors (Lipinski definition) is 3. The average molecular weight is 550 g/mol. The second-order valence-electron chi connectivity index (χ2n) is 10.0. The van der Waals surface area contributed by atoms with Crippen LogP contribution in [-0.2, 0) is 11.2 Å². The zero-order valence-electron chi connectivity index (χ0n) is 23.7. The highest BCUT2D eigenvalue weighted by Gasteiger charge is 2.26. The van der Waals surface area contributed by atoms with Gasteiger partial charge in [-0.05, 0) is 67.6 Å². The number of benzene rings is 3. The molecule has 0 saturated carbocycles. The highest BCUT2D eigenvalue weighted by molar-refractivity contribution is 5.95. The van der Waals surface area contributed by atoms with Crippen molar-refractivity contribution in [3.05, 3.63) is 89.7 Å². The predicted octanol–water partition coefficient (Wildman–Crippen LogP) is 5.74. The molecule has 0 aliphatic rings. The lowest BCUT2D eigenvalue weighted by atomic mass is 9.92. The fourth-order valence-electron chi connectivity index (χ4n) is 4.44. The maximum Gasteiger partial charge on any atom is 0.251 e. The number of rotatable bonds is 14. The molecule has 0 aromatic heterocycles. The van der Waals surface area contributed by atoms with Crippen LogP contribution in [0.4, 0.5) is 10.1 Å². The van der Waals surface area contributed by atoms with Gasteiger partial charge in [0.1, 0.15) is 17.3 Å². The van der Waals surface area contributed by atoms with Crippen molar-refractivity contribution in [2.45, 2.75) is 64.6 Å². The summed E-state index contributed by atoms with van der Waals surface area (Å²) in [6, 6.07) is 19.5. The first kappa shape index (κ1) is 30.6. The Morgan fingerprint density at radius 2 is 1.60 bits per heavy atom.